The molecule has 0 saturated carbocycles. The Bertz CT molecular complexity index is 1130. The molecule has 3 nitrogen and oxygen atoms in total. The summed E-state index contributed by atoms with van der Waals surface area (Å²) >= 11 is 0. The molecule has 0 bridgehead atoms. The van der Waals surface area contributed by atoms with E-state index in [-0.39, 0.29) is 5.78 Å². The van der Waals surface area contributed by atoms with Gasteiger partial charge in [-0.2, -0.15) is 0 Å². The van der Waals surface area contributed by atoms with E-state index in [9.17, 15) is 13.2 Å². The summed E-state index contributed by atoms with van der Waals surface area (Å²) in [6, 6.07) is 15.0. The number of aryl methyl sites for hydroxylation is 1. The molecule has 2 aromatic rings. The molecule has 33 heavy (non-hydrogen) atoms. The van der Waals surface area contributed by atoms with E-state index in [0.717, 1.165) is 35.7 Å². The Balaban J connectivity index is 0.000000526. The van der Waals surface area contributed by atoms with Crippen LogP contribution in [-0.4, -0.2) is 26.7 Å². The van der Waals surface area contributed by atoms with Crippen molar-refractivity contribution in [1.82, 2.24) is 0 Å². The van der Waals surface area contributed by atoms with Gasteiger partial charge in [-0.25, -0.2) is 8.42 Å². The molecule has 0 fully saturated rings. The molecule has 0 atom stereocenters. The zero-order valence-electron chi connectivity index (χ0n) is 21.1. The molecule has 0 N–H and O–H groups in total. The molecule has 0 aliphatic carbocycles. The molecular formula is C29H38O3S. The summed E-state index contributed by atoms with van der Waals surface area (Å²) < 4.78 is 19.3. The van der Waals surface area contributed by atoms with Crippen LogP contribution in [0.15, 0.2) is 102 Å². The maximum absolute atomic E-state index is 11.0. The Morgan fingerprint density at radius 3 is 1.97 bits per heavy atom. The van der Waals surface area contributed by atoms with Gasteiger partial charge in [-0.1, -0.05) is 92.4 Å². The molecule has 2 aromatic carbocycles. The van der Waals surface area contributed by atoms with Gasteiger partial charge in [0.1, 0.15) is 9.84 Å². The molecule has 0 aliphatic rings. The first kappa shape index (κ1) is 30.0. The SMILES string of the molecule is C=CC(=C\C=C/C)/C(C)=C/C=C(\C)C(C)=O.CCc1cccc2ccccc12.CS(C)(=O)=O. The van der Waals surface area contributed by atoms with Crippen molar-refractivity contribution < 1.29 is 13.2 Å². The van der Waals surface area contributed by atoms with Crippen LogP contribution in [0.25, 0.3) is 10.8 Å². The van der Waals surface area contributed by atoms with Gasteiger partial charge in [-0.3, -0.25) is 4.79 Å². The first-order chi connectivity index (χ1) is 15.4. The Kier molecular flexibility index (Phi) is 14.3. The number of hydrogen-bond acceptors (Lipinski definition) is 3. The highest BCUT2D eigenvalue weighted by molar-refractivity contribution is 7.89. The lowest BCUT2D eigenvalue weighted by Gasteiger charge is -2.02. The molecule has 0 heterocycles. The number of Topliss-reactive ketones (excluding diaryl/α,β-unsaturated/α-hetero) is 1. The number of carbonyl (C=O) groups is 1. The van der Waals surface area contributed by atoms with Crippen LogP contribution in [0.4, 0.5) is 0 Å². The third-order valence-corrected chi connectivity index (χ3v) is 4.54. The van der Waals surface area contributed by atoms with E-state index in [0.29, 0.717) is 0 Å². The Labute approximate surface area is 200 Å². The van der Waals surface area contributed by atoms with Crippen molar-refractivity contribution in [2.45, 2.75) is 41.0 Å². The zero-order valence-corrected chi connectivity index (χ0v) is 21.9. The molecule has 0 saturated heterocycles. The highest BCUT2D eigenvalue weighted by Crippen LogP contribution is 2.18. The monoisotopic (exact) mass is 466 g/mol. The van der Waals surface area contributed by atoms with Gasteiger partial charge in [0, 0.05) is 12.5 Å². The zero-order chi connectivity index (χ0) is 25.4. The Morgan fingerprint density at radius 2 is 1.45 bits per heavy atom. The second-order valence-corrected chi connectivity index (χ2v) is 10.0. The standard InChI is InChI=1S/C15H20O.C12H12.C2H6O2S/c1-6-8-9-15(7-2)13(4)11-10-12(3)14(5)16;1-2-10-7-5-8-11-6-3-4-9-12(10)11;1-5(2,3)4/h6-11H,2H2,1,3-5H3;3-9H,2H2,1H3;1-2H3/b8-6-,12-10+,13-11+,15-9+;;. The lowest BCUT2D eigenvalue weighted by atomic mass is 10.0. The highest BCUT2D eigenvalue weighted by Gasteiger charge is 1.96. The van der Waals surface area contributed by atoms with E-state index in [1.807, 2.05) is 57.2 Å². The first-order valence-electron chi connectivity index (χ1n) is 10.9. The molecule has 4 heteroatoms. The van der Waals surface area contributed by atoms with Gasteiger partial charge >= 0.3 is 0 Å². The third-order valence-electron chi connectivity index (χ3n) is 4.54. The lowest BCUT2D eigenvalue weighted by molar-refractivity contribution is -0.113. The summed E-state index contributed by atoms with van der Waals surface area (Å²) in [5.41, 5.74) is 4.35. The van der Waals surface area contributed by atoms with Crippen LogP contribution in [0.1, 0.15) is 40.2 Å². The molecule has 2 rings (SSSR count). The number of benzene rings is 2. The van der Waals surface area contributed by atoms with E-state index >= 15 is 0 Å². The van der Waals surface area contributed by atoms with Crippen LogP contribution in [0.5, 0.6) is 0 Å². The average Bonchev–Trinajstić information content (AvgIpc) is 2.76. The molecular weight excluding hydrogens is 428 g/mol. The highest BCUT2D eigenvalue weighted by atomic mass is 32.2. The minimum atomic E-state index is -2.67. The van der Waals surface area contributed by atoms with Crippen molar-refractivity contribution in [3.05, 3.63) is 108 Å². The minimum Gasteiger partial charge on any atom is -0.295 e. The topological polar surface area (TPSA) is 51.2 Å². The van der Waals surface area contributed by atoms with Crippen molar-refractivity contribution in [2.75, 3.05) is 12.5 Å². The Hall–Kier alpha value is -2.98. The molecule has 0 amide bonds. The van der Waals surface area contributed by atoms with Crippen molar-refractivity contribution in [3.8, 4) is 0 Å². The Morgan fingerprint density at radius 1 is 0.909 bits per heavy atom. The largest absolute Gasteiger partial charge is 0.295 e. The first-order valence-corrected chi connectivity index (χ1v) is 13.2. The fourth-order valence-electron chi connectivity index (χ4n) is 2.62. The van der Waals surface area contributed by atoms with Gasteiger partial charge in [-0.15, -0.1) is 0 Å². The fraction of sp³-hybridized carbons (Fsp3) is 0.276. The number of sulfone groups is 1. The lowest BCUT2D eigenvalue weighted by Crippen LogP contribution is -1.90. The summed E-state index contributed by atoms with van der Waals surface area (Å²) in [7, 11) is -2.67. The van der Waals surface area contributed by atoms with E-state index < -0.39 is 9.84 Å². The maximum atomic E-state index is 11.0. The van der Waals surface area contributed by atoms with Crippen molar-refractivity contribution in [2.24, 2.45) is 0 Å². The number of fused-ring (bicyclic) bond motifs is 1. The maximum Gasteiger partial charge on any atom is 0.155 e. The fourth-order valence-corrected chi connectivity index (χ4v) is 2.62. The number of allylic oxidation sites excluding steroid dienone is 9. The number of ketones is 1. The smallest absolute Gasteiger partial charge is 0.155 e. The van der Waals surface area contributed by atoms with Crippen molar-refractivity contribution in [3.63, 3.8) is 0 Å². The molecule has 0 aromatic heterocycles. The van der Waals surface area contributed by atoms with Crippen molar-refractivity contribution >= 4 is 26.4 Å². The van der Waals surface area contributed by atoms with E-state index in [2.05, 4.69) is 56.0 Å². The van der Waals surface area contributed by atoms with E-state index in [1.165, 1.54) is 16.3 Å². The molecule has 0 radical (unpaired) electrons. The predicted octanol–water partition coefficient (Wildman–Crippen LogP) is 7.22. The summed E-state index contributed by atoms with van der Waals surface area (Å²) in [6.07, 6.45) is 14.9. The second-order valence-electron chi connectivity index (χ2n) is 7.74. The normalized spacial score (nSPS) is 12.5. The third kappa shape index (κ3) is 13.9. The predicted molar refractivity (Wildman–Crippen MR) is 145 cm³/mol. The number of rotatable bonds is 6. The molecule has 0 aliphatic heterocycles. The summed E-state index contributed by atoms with van der Waals surface area (Å²) in [5, 5.41) is 2.74. The van der Waals surface area contributed by atoms with Gasteiger partial charge in [0.25, 0.3) is 0 Å². The molecule has 0 unspecified atom stereocenters. The van der Waals surface area contributed by atoms with Crippen LogP contribution >= 0.6 is 0 Å². The van der Waals surface area contributed by atoms with Gasteiger partial charge in [0.2, 0.25) is 0 Å². The van der Waals surface area contributed by atoms with Gasteiger partial charge in [0.15, 0.2) is 5.78 Å². The quantitative estimate of drug-likeness (QED) is 0.333. The minimum absolute atomic E-state index is 0.0987. The van der Waals surface area contributed by atoms with E-state index in [1.54, 1.807) is 6.92 Å². The average molecular weight is 467 g/mol. The number of carbonyl (C=O) groups excluding carboxylic acids is 1. The van der Waals surface area contributed by atoms with Crippen LogP contribution in [0.3, 0.4) is 0 Å². The van der Waals surface area contributed by atoms with Gasteiger partial charge in [-0.05, 0) is 67.2 Å². The van der Waals surface area contributed by atoms with Crippen LogP contribution < -0.4 is 0 Å². The summed E-state index contributed by atoms with van der Waals surface area (Å²) in [5.74, 6) is 0.0987. The molecule has 0 spiro atoms. The van der Waals surface area contributed by atoms with Crippen LogP contribution in [-0.2, 0) is 21.1 Å². The van der Waals surface area contributed by atoms with Crippen LogP contribution in [0, 0.1) is 0 Å². The van der Waals surface area contributed by atoms with Crippen LogP contribution in [0.2, 0.25) is 0 Å². The van der Waals surface area contributed by atoms with Gasteiger partial charge in [0.05, 0.1) is 0 Å². The van der Waals surface area contributed by atoms with E-state index in [4.69, 9.17) is 0 Å². The second kappa shape index (κ2) is 15.8. The van der Waals surface area contributed by atoms with Gasteiger partial charge < -0.3 is 0 Å². The van der Waals surface area contributed by atoms with Crippen molar-refractivity contribution in [1.29, 1.82) is 0 Å². The summed E-state index contributed by atoms with van der Waals surface area (Å²) in [6.45, 7) is 13.3. The molecule has 178 valence electrons. The number of hydrogen-bond donors (Lipinski definition) is 0. The summed E-state index contributed by atoms with van der Waals surface area (Å²) in [4.78, 5) is 11.0.